The van der Waals surface area contributed by atoms with Gasteiger partial charge in [0.15, 0.2) is 9.84 Å². The van der Waals surface area contributed by atoms with Crippen molar-refractivity contribution in [3.8, 4) is 5.75 Å². The summed E-state index contributed by atoms with van der Waals surface area (Å²) in [4.78, 5) is 11.6. The molecule has 146 valence electrons. The molecule has 2 aromatic rings. The molecule has 1 amide bonds. The number of ether oxygens (including phenoxy) is 1. The van der Waals surface area contributed by atoms with Crippen LogP contribution in [0.25, 0.3) is 0 Å². The predicted octanol–water partition coefficient (Wildman–Crippen LogP) is 2.54. The van der Waals surface area contributed by atoms with Crippen molar-refractivity contribution in [2.24, 2.45) is 0 Å². The number of carbonyl (C=O) groups excluding carboxylic acids is 1. The van der Waals surface area contributed by atoms with Gasteiger partial charge in [-0.15, -0.1) is 0 Å². The van der Waals surface area contributed by atoms with Crippen LogP contribution >= 0.6 is 11.6 Å². The van der Waals surface area contributed by atoms with Crippen LogP contribution in [0.5, 0.6) is 5.75 Å². The van der Waals surface area contributed by atoms with E-state index in [0.29, 0.717) is 5.75 Å². The summed E-state index contributed by atoms with van der Waals surface area (Å²) in [5.74, 6) is -0.393. The largest absolute Gasteiger partial charge is 0.417 e. The summed E-state index contributed by atoms with van der Waals surface area (Å²) in [7, 11) is -8.66. The number of amides is 1. The van der Waals surface area contributed by atoms with Crippen molar-refractivity contribution in [1.29, 1.82) is 0 Å². The fraction of sp³-hybridized carbons (Fsp3) is 0.133. The minimum absolute atomic E-state index is 0.0724. The van der Waals surface area contributed by atoms with Crippen LogP contribution in [0.1, 0.15) is 0 Å². The van der Waals surface area contributed by atoms with E-state index in [1.54, 1.807) is 30.3 Å². The first-order valence-corrected chi connectivity index (χ1v) is 10.6. The number of para-hydroxylation sites is 1. The molecule has 0 aromatic heterocycles. The lowest BCUT2D eigenvalue weighted by Crippen LogP contribution is -2.17. The van der Waals surface area contributed by atoms with Gasteiger partial charge in [0.05, 0.1) is 28.0 Å². The Balaban J connectivity index is 2.05. The van der Waals surface area contributed by atoms with Gasteiger partial charge in [-0.3, -0.25) is 9.87 Å². The minimum atomic E-state index is -4.73. The van der Waals surface area contributed by atoms with Gasteiger partial charge in [-0.25, -0.2) is 17.4 Å². The fourth-order valence-electron chi connectivity index (χ4n) is 1.89. The molecule has 12 heteroatoms. The van der Waals surface area contributed by atoms with Crippen molar-refractivity contribution in [1.82, 2.24) is 0 Å². The molecule has 2 aromatic carbocycles. The zero-order valence-corrected chi connectivity index (χ0v) is 15.9. The van der Waals surface area contributed by atoms with Crippen molar-refractivity contribution in [2.75, 3.05) is 17.7 Å². The summed E-state index contributed by atoms with van der Waals surface area (Å²) in [5, 5.41) is 2.30. The van der Waals surface area contributed by atoms with Gasteiger partial charge in [0.1, 0.15) is 5.75 Å². The zero-order chi connectivity index (χ0) is 20.1. The van der Waals surface area contributed by atoms with Crippen LogP contribution in [0.15, 0.2) is 53.4 Å². The van der Waals surface area contributed by atoms with Crippen molar-refractivity contribution in [3.05, 3.63) is 53.6 Å². The Morgan fingerprint density at radius 3 is 2.33 bits per heavy atom. The quantitative estimate of drug-likeness (QED) is 0.633. The molecular formula is C15H14ClNO8S2. The maximum atomic E-state index is 12.1. The fourth-order valence-corrected chi connectivity index (χ4v) is 3.69. The van der Waals surface area contributed by atoms with Crippen molar-refractivity contribution in [2.45, 2.75) is 4.90 Å². The van der Waals surface area contributed by atoms with Crippen LogP contribution < -0.4 is 10.1 Å². The summed E-state index contributed by atoms with van der Waals surface area (Å²) in [6.07, 6.45) is -0.819. The Bertz CT molecular complexity index is 1020. The highest BCUT2D eigenvalue weighted by molar-refractivity contribution is 7.91. The first kappa shape index (κ1) is 21.1. The Labute approximate surface area is 160 Å². The summed E-state index contributed by atoms with van der Waals surface area (Å²) < 4.78 is 62.6. The molecular weight excluding hydrogens is 422 g/mol. The van der Waals surface area contributed by atoms with E-state index in [0.717, 1.165) is 6.07 Å². The molecule has 27 heavy (non-hydrogen) atoms. The Hall–Kier alpha value is -2.18. The van der Waals surface area contributed by atoms with Crippen LogP contribution in [-0.4, -0.2) is 39.8 Å². The summed E-state index contributed by atoms with van der Waals surface area (Å²) in [6, 6.07) is 11.8. The third kappa shape index (κ3) is 6.81. The molecule has 0 fully saturated rings. The molecule has 0 aliphatic heterocycles. The van der Waals surface area contributed by atoms with E-state index in [-0.39, 0.29) is 15.6 Å². The molecule has 2 N–H and O–H groups in total. The Kier molecular flexibility index (Phi) is 6.78. The number of carbonyl (C=O) groups is 1. The van der Waals surface area contributed by atoms with Gasteiger partial charge in [-0.05, 0) is 30.3 Å². The van der Waals surface area contributed by atoms with Crippen LogP contribution in [0, 0.1) is 0 Å². The molecule has 0 aliphatic rings. The van der Waals surface area contributed by atoms with Crippen LogP contribution in [0.3, 0.4) is 0 Å². The van der Waals surface area contributed by atoms with Gasteiger partial charge in [-0.1, -0.05) is 29.8 Å². The third-order valence-corrected chi connectivity index (χ3v) is 5.53. The normalized spacial score (nSPS) is 11.8. The first-order valence-electron chi connectivity index (χ1n) is 7.25. The number of anilines is 1. The maximum absolute atomic E-state index is 12.1. The maximum Gasteiger partial charge on any atom is 0.417 e. The van der Waals surface area contributed by atoms with Gasteiger partial charge < -0.3 is 4.74 Å². The predicted molar refractivity (Wildman–Crippen MR) is 97.1 cm³/mol. The van der Waals surface area contributed by atoms with E-state index < -0.39 is 38.7 Å². The molecule has 9 nitrogen and oxygen atoms in total. The lowest BCUT2D eigenvalue weighted by atomic mass is 10.3. The highest BCUT2D eigenvalue weighted by atomic mass is 35.5. The second-order valence-electron chi connectivity index (χ2n) is 5.04. The van der Waals surface area contributed by atoms with E-state index in [1.807, 2.05) is 0 Å². The van der Waals surface area contributed by atoms with E-state index in [2.05, 4.69) is 9.50 Å². The molecule has 0 atom stereocenters. The van der Waals surface area contributed by atoms with E-state index in [9.17, 15) is 21.6 Å². The Morgan fingerprint density at radius 1 is 1.07 bits per heavy atom. The highest BCUT2D eigenvalue weighted by Crippen LogP contribution is 2.26. The van der Waals surface area contributed by atoms with Crippen molar-refractivity contribution < 1.29 is 35.1 Å². The first-order chi connectivity index (χ1) is 12.6. The van der Waals surface area contributed by atoms with Crippen molar-refractivity contribution >= 4 is 43.6 Å². The van der Waals surface area contributed by atoms with E-state index >= 15 is 0 Å². The molecule has 0 bridgehead atoms. The zero-order valence-electron chi connectivity index (χ0n) is 13.5. The molecule has 0 spiro atoms. The average molecular weight is 436 g/mol. The van der Waals surface area contributed by atoms with Crippen LogP contribution in [0.4, 0.5) is 10.5 Å². The number of rotatable bonds is 7. The topological polar surface area (TPSA) is 136 Å². The lowest BCUT2D eigenvalue weighted by molar-refractivity contribution is 0.215. The number of nitrogens with one attached hydrogen (secondary N) is 1. The van der Waals surface area contributed by atoms with Gasteiger partial charge in [0, 0.05) is 0 Å². The van der Waals surface area contributed by atoms with Gasteiger partial charge >= 0.3 is 16.5 Å². The monoisotopic (exact) mass is 435 g/mol. The molecule has 2 rings (SSSR count). The van der Waals surface area contributed by atoms with Crippen molar-refractivity contribution in [3.63, 3.8) is 0 Å². The van der Waals surface area contributed by atoms with Gasteiger partial charge in [0.25, 0.3) is 0 Å². The second-order valence-corrected chi connectivity index (χ2v) is 8.65. The average Bonchev–Trinajstić information content (AvgIpc) is 2.56. The number of sulfone groups is 1. The number of hydrogen-bond donors (Lipinski definition) is 2. The smallest absolute Gasteiger partial charge is 0.410 e. The van der Waals surface area contributed by atoms with Crippen LogP contribution in [-0.2, 0) is 24.4 Å². The molecule has 0 aliphatic carbocycles. The number of halogens is 1. The summed E-state index contributed by atoms with van der Waals surface area (Å²) in [6.45, 7) is -0.762. The van der Waals surface area contributed by atoms with E-state index in [1.165, 1.54) is 12.1 Å². The standard InChI is InChI=1S/C15H14ClNO8S2/c16-13-10-12(26(19,20)9-8-24-27(21,22)23)6-7-14(13)17-15(18)25-11-4-2-1-3-5-11/h1-7,10H,8-9H2,(H,17,18)(H,21,22,23). The SMILES string of the molecule is O=C(Nc1ccc(S(=O)(=O)CCOS(=O)(=O)O)cc1Cl)Oc1ccccc1. The number of benzene rings is 2. The molecule has 0 heterocycles. The second kappa shape index (κ2) is 8.67. The minimum Gasteiger partial charge on any atom is -0.410 e. The summed E-state index contributed by atoms with van der Waals surface area (Å²) >= 11 is 5.99. The van der Waals surface area contributed by atoms with E-state index in [4.69, 9.17) is 20.9 Å². The summed E-state index contributed by atoms with van der Waals surface area (Å²) in [5.41, 5.74) is 0.116. The van der Waals surface area contributed by atoms with Gasteiger partial charge in [-0.2, -0.15) is 8.42 Å². The highest BCUT2D eigenvalue weighted by Gasteiger charge is 2.18. The lowest BCUT2D eigenvalue weighted by Gasteiger charge is -2.10. The third-order valence-electron chi connectivity index (χ3n) is 3.07. The molecule has 0 saturated heterocycles. The van der Waals surface area contributed by atoms with Crippen LogP contribution in [0.2, 0.25) is 5.02 Å². The molecule has 0 saturated carbocycles. The Morgan fingerprint density at radius 2 is 1.74 bits per heavy atom. The number of hydrogen-bond acceptors (Lipinski definition) is 7. The molecule has 0 radical (unpaired) electrons. The van der Waals surface area contributed by atoms with Gasteiger partial charge in [0.2, 0.25) is 0 Å². The molecule has 0 unspecified atom stereocenters.